The van der Waals surface area contributed by atoms with Gasteiger partial charge in [0, 0.05) is 27.7 Å². The fourth-order valence-corrected chi connectivity index (χ4v) is 3.07. The number of hydrogen-bond acceptors (Lipinski definition) is 2. The van der Waals surface area contributed by atoms with E-state index in [1.807, 2.05) is 37.4 Å². The molecule has 118 valence electrons. The highest BCUT2D eigenvalue weighted by Gasteiger charge is 2.09. The zero-order valence-corrected chi connectivity index (χ0v) is 14.3. The lowest BCUT2D eigenvalue weighted by atomic mass is 10.0. The molecule has 0 bridgehead atoms. The summed E-state index contributed by atoms with van der Waals surface area (Å²) in [6, 6.07) is 17.8. The van der Waals surface area contributed by atoms with Crippen LogP contribution in [0, 0.1) is 0 Å². The van der Waals surface area contributed by atoms with Crippen molar-refractivity contribution in [2.24, 2.45) is 0 Å². The number of hydrogen-bond donors (Lipinski definition) is 1. The molecular formula is C19H17Cl2NO. The van der Waals surface area contributed by atoms with E-state index < -0.39 is 0 Å². The second-order valence-corrected chi connectivity index (χ2v) is 6.16. The maximum absolute atomic E-state index is 6.21. The molecule has 0 fully saturated rings. The van der Waals surface area contributed by atoms with Crippen molar-refractivity contribution >= 4 is 34.0 Å². The Morgan fingerprint density at radius 2 is 1.83 bits per heavy atom. The van der Waals surface area contributed by atoms with E-state index in [0.717, 1.165) is 23.4 Å². The lowest BCUT2D eigenvalue weighted by Crippen LogP contribution is -2.08. The summed E-state index contributed by atoms with van der Waals surface area (Å²) in [5.74, 6) is 0.865. The molecule has 0 amide bonds. The summed E-state index contributed by atoms with van der Waals surface area (Å²) in [6.45, 7) is 1.15. The number of nitrogens with one attached hydrogen (secondary N) is 1. The Hall–Kier alpha value is -1.74. The number of ether oxygens (including phenoxy) is 1. The molecule has 0 radical (unpaired) electrons. The average Bonchev–Trinajstić information content (AvgIpc) is 2.55. The number of fused-ring (bicyclic) bond motifs is 1. The van der Waals surface area contributed by atoms with Gasteiger partial charge >= 0.3 is 0 Å². The highest BCUT2D eigenvalue weighted by atomic mass is 35.5. The van der Waals surface area contributed by atoms with Gasteiger partial charge in [-0.15, -0.1) is 0 Å². The Morgan fingerprint density at radius 1 is 1.00 bits per heavy atom. The van der Waals surface area contributed by atoms with Crippen molar-refractivity contribution in [3.63, 3.8) is 0 Å². The molecule has 3 rings (SSSR count). The quantitative estimate of drug-likeness (QED) is 0.664. The molecule has 0 aliphatic carbocycles. The van der Waals surface area contributed by atoms with Gasteiger partial charge in [0.2, 0.25) is 0 Å². The van der Waals surface area contributed by atoms with Crippen LogP contribution in [0.1, 0.15) is 11.1 Å². The number of halogens is 2. The van der Waals surface area contributed by atoms with Crippen LogP contribution in [0.25, 0.3) is 10.8 Å². The van der Waals surface area contributed by atoms with E-state index in [4.69, 9.17) is 27.9 Å². The van der Waals surface area contributed by atoms with Crippen molar-refractivity contribution in [2.75, 3.05) is 7.05 Å². The fourth-order valence-electron chi connectivity index (χ4n) is 2.60. The number of benzene rings is 3. The average molecular weight is 346 g/mol. The molecule has 4 heteroatoms. The van der Waals surface area contributed by atoms with Crippen molar-refractivity contribution < 1.29 is 4.74 Å². The highest BCUT2D eigenvalue weighted by molar-refractivity contribution is 6.35. The van der Waals surface area contributed by atoms with Gasteiger partial charge in [-0.3, -0.25) is 0 Å². The van der Waals surface area contributed by atoms with Gasteiger partial charge in [-0.2, -0.15) is 0 Å². The highest BCUT2D eigenvalue weighted by Crippen LogP contribution is 2.29. The lowest BCUT2D eigenvalue weighted by molar-refractivity contribution is 0.303. The van der Waals surface area contributed by atoms with Gasteiger partial charge in [0.1, 0.15) is 12.4 Å². The largest absolute Gasteiger partial charge is 0.488 e. The molecule has 2 nitrogen and oxygen atoms in total. The van der Waals surface area contributed by atoms with E-state index in [9.17, 15) is 0 Å². The summed E-state index contributed by atoms with van der Waals surface area (Å²) in [4.78, 5) is 0. The SMILES string of the molecule is CNCc1c(OCc2ccc(Cl)cc2Cl)ccc2ccccc12. The van der Waals surface area contributed by atoms with E-state index in [0.29, 0.717) is 16.7 Å². The summed E-state index contributed by atoms with van der Waals surface area (Å²) in [5.41, 5.74) is 2.07. The van der Waals surface area contributed by atoms with Gasteiger partial charge < -0.3 is 10.1 Å². The first-order valence-electron chi connectivity index (χ1n) is 7.41. The molecule has 3 aromatic rings. The zero-order chi connectivity index (χ0) is 16.2. The minimum absolute atomic E-state index is 0.408. The molecule has 1 N–H and O–H groups in total. The molecule has 0 heterocycles. The van der Waals surface area contributed by atoms with Crippen molar-refractivity contribution in [3.05, 3.63) is 75.8 Å². The normalized spacial score (nSPS) is 10.9. The summed E-state index contributed by atoms with van der Waals surface area (Å²) in [5, 5.41) is 6.85. The standard InChI is InChI=1S/C19H17Cl2NO/c1-22-11-17-16-5-3-2-4-13(16)7-9-19(17)23-12-14-6-8-15(20)10-18(14)21/h2-10,22H,11-12H2,1H3. The van der Waals surface area contributed by atoms with Crippen LogP contribution in [-0.2, 0) is 13.2 Å². The van der Waals surface area contributed by atoms with Crippen LogP contribution in [0.4, 0.5) is 0 Å². The molecule has 0 aliphatic rings. The third-order valence-electron chi connectivity index (χ3n) is 3.75. The Bertz CT molecular complexity index is 833. The van der Waals surface area contributed by atoms with Crippen LogP contribution in [0.2, 0.25) is 10.0 Å². The molecule has 0 saturated heterocycles. The minimum atomic E-state index is 0.408. The predicted molar refractivity (Wildman–Crippen MR) is 97.5 cm³/mol. The van der Waals surface area contributed by atoms with Crippen LogP contribution < -0.4 is 10.1 Å². The lowest BCUT2D eigenvalue weighted by Gasteiger charge is -2.15. The fraction of sp³-hybridized carbons (Fsp3) is 0.158. The molecule has 23 heavy (non-hydrogen) atoms. The maximum Gasteiger partial charge on any atom is 0.124 e. The van der Waals surface area contributed by atoms with Gasteiger partial charge in [-0.25, -0.2) is 0 Å². The molecular weight excluding hydrogens is 329 g/mol. The molecule has 0 atom stereocenters. The van der Waals surface area contributed by atoms with E-state index in [2.05, 4.69) is 23.5 Å². The molecule has 0 unspecified atom stereocenters. The second-order valence-electron chi connectivity index (χ2n) is 5.32. The second kappa shape index (κ2) is 7.22. The Balaban J connectivity index is 1.91. The van der Waals surface area contributed by atoms with Gasteiger partial charge in [0.05, 0.1) is 0 Å². The summed E-state index contributed by atoms with van der Waals surface area (Å²) in [6.07, 6.45) is 0. The summed E-state index contributed by atoms with van der Waals surface area (Å²) in [7, 11) is 1.93. The first kappa shape index (κ1) is 16.1. The van der Waals surface area contributed by atoms with Crippen LogP contribution in [0.5, 0.6) is 5.75 Å². The smallest absolute Gasteiger partial charge is 0.124 e. The minimum Gasteiger partial charge on any atom is -0.488 e. The van der Waals surface area contributed by atoms with Gasteiger partial charge in [0.15, 0.2) is 0 Å². The van der Waals surface area contributed by atoms with E-state index in [1.165, 1.54) is 10.8 Å². The van der Waals surface area contributed by atoms with Crippen LogP contribution in [-0.4, -0.2) is 7.05 Å². The predicted octanol–water partition coefficient (Wildman–Crippen LogP) is 5.45. The van der Waals surface area contributed by atoms with Gasteiger partial charge in [-0.05, 0) is 36.0 Å². The van der Waals surface area contributed by atoms with E-state index >= 15 is 0 Å². The first-order chi connectivity index (χ1) is 11.2. The van der Waals surface area contributed by atoms with Gasteiger partial charge in [-0.1, -0.05) is 59.6 Å². The topological polar surface area (TPSA) is 21.3 Å². The molecule has 0 aromatic heterocycles. The van der Waals surface area contributed by atoms with E-state index in [-0.39, 0.29) is 0 Å². The van der Waals surface area contributed by atoms with Crippen LogP contribution in [0.15, 0.2) is 54.6 Å². The molecule has 0 spiro atoms. The van der Waals surface area contributed by atoms with Crippen LogP contribution in [0.3, 0.4) is 0 Å². The first-order valence-corrected chi connectivity index (χ1v) is 8.16. The van der Waals surface area contributed by atoms with Crippen molar-refractivity contribution in [3.8, 4) is 5.75 Å². The van der Waals surface area contributed by atoms with E-state index in [1.54, 1.807) is 6.07 Å². The van der Waals surface area contributed by atoms with Gasteiger partial charge in [0.25, 0.3) is 0 Å². The summed E-state index contributed by atoms with van der Waals surface area (Å²) >= 11 is 12.1. The van der Waals surface area contributed by atoms with Crippen molar-refractivity contribution in [2.45, 2.75) is 13.2 Å². The molecule has 0 aliphatic heterocycles. The Kier molecular flexibility index (Phi) is 5.06. The Morgan fingerprint density at radius 3 is 2.61 bits per heavy atom. The third-order valence-corrected chi connectivity index (χ3v) is 4.34. The number of rotatable bonds is 5. The van der Waals surface area contributed by atoms with Crippen molar-refractivity contribution in [1.82, 2.24) is 5.32 Å². The zero-order valence-electron chi connectivity index (χ0n) is 12.8. The summed E-state index contributed by atoms with van der Waals surface area (Å²) < 4.78 is 6.04. The third kappa shape index (κ3) is 3.61. The van der Waals surface area contributed by atoms with Crippen molar-refractivity contribution in [1.29, 1.82) is 0 Å². The van der Waals surface area contributed by atoms with Crippen LogP contribution >= 0.6 is 23.2 Å². The molecule has 3 aromatic carbocycles. The maximum atomic E-state index is 6.21. The Labute approximate surface area is 146 Å². The molecule has 0 saturated carbocycles. The monoisotopic (exact) mass is 345 g/mol.